The van der Waals surface area contributed by atoms with Gasteiger partial charge in [0.1, 0.15) is 0 Å². The van der Waals surface area contributed by atoms with Crippen LogP contribution in [0.4, 0.5) is 0 Å². The Morgan fingerprint density at radius 1 is 1.09 bits per heavy atom. The molecule has 0 unspecified atom stereocenters. The van der Waals surface area contributed by atoms with Gasteiger partial charge in [0, 0.05) is 25.7 Å². The lowest BCUT2D eigenvalue weighted by atomic mass is 9.48. The first-order valence-corrected chi connectivity index (χ1v) is 8.66. The molecule has 0 radical (unpaired) electrons. The van der Waals surface area contributed by atoms with Crippen LogP contribution < -0.4 is 15.2 Å². The average Bonchev–Trinajstić information content (AvgIpc) is 2.47. The van der Waals surface area contributed by atoms with Crippen LogP contribution in [-0.2, 0) is 11.2 Å². The van der Waals surface area contributed by atoms with E-state index in [4.69, 9.17) is 19.9 Å². The summed E-state index contributed by atoms with van der Waals surface area (Å²) in [4.78, 5) is 0. The third-order valence-corrected chi connectivity index (χ3v) is 5.40. The smallest absolute Gasteiger partial charge is 0.161 e. The molecule has 2 fully saturated rings. The lowest BCUT2D eigenvalue weighted by Gasteiger charge is -2.60. The normalized spacial score (nSPS) is 20.7. The van der Waals surface area contributed by atoms with Crippen LogP contribution >= 0.6 is 0 Å². The Kier molecular flexibility index (Phi) is 4.83. The molecule has 4 nitrogen and oxygen atoms in total. The van der Waals surface area contributed by atoms with Crippen LogP contribution in [0.5, 0.6) is 11.5 Å². The average molecular weight is 319 g/mol. The molecule has 1 spiro atoms. The van der Waals surface area contributed by atoms with Gasteiger partial charge in [-0.1, -0.05) is 12.5 Å². The standard InChI is InChI=1S/C19H29NO3/c1-21-9-4-10-23-17-11-15(5-6-16(17)22-2)12-19(20)13-18(14-19)7-3-8-18/h5-6,11H,3-4,7-10,12-14,20H2,1-2H3. The first-order chi connectivity index (χ1) is 11.1. The third-order valence-electron chi connectivity index (χ3n) is 5.40. The molecule has 4 heteroatoms. The van der Waals surface area contributed by atoms with Crippen molar-refractivity contribution in [2.45, 2.75) is 50.5 Å². The van der Waals surface area contributed by atoms with Gasteiger partial charge in [0.05, 0.1) is 13.7 Å². The monoisotopic (exact) mass is 319 g/mol. The Balaban J connectivity index is 1.61. The van der Waals surface area contributed by atoms with Crippen LogP contribution in [0.1, 0.15) is 44.1 Å². The summed E-state index contributed by atoms with van der Waals surface area (Å²) in [6, 6.07) is 6.19. The van der Waals surface area contributed by atoms with Gasteiger partial charge in [-0.25, -0.2) is 0 Å². The predicted octanol–water partition coefficient (Wildman–Crippen LogP) is 3.31. The van der Waals surface area contributed by atoms with Gasteiger partial charge in [-0.15, -0.1) is 0 Å². The van der Waals surface area contributed by atoms with Crippen LogP contribution in [-0.4, -0.2) is 33.0 Å². The SMILES string of the molecule is COCCCOc1cc(CC2(N)CC3(CCC3)C2)ccc1OC. The second-order valence-electron chi connectivity index (χ2n) is 7.43. The molecule has 0 aliphatic heterocycles. The minimum atomic E-state index is -0.0255. The summed E-state index contributed by atoms with van der Waals surface area (Å²) in [6.45, 7) is 1.33. The molecule has 2 saturated carbocycles. The summed E-state index contributed by atoms with van der Waals surface area (Å²) in [6.07, 6.45) is 8.29. The van der Waals surface area contributed by atoms with Crippen LogP contribution in [0.25, 0.3) is 0 Å². The quantitative estimate of drug-likeness (QED) is 0.747. The van der Waals surface area contributed by atoms with Crippen LogP contribution in [0, 0.1) is 5.41 Å². The summed E-state index contributed by atoms with van der Waals surface area (Å²) in [5.41, 5.74) is 8.40. The fourth-order valence-electron chi connectivity index (χ4n) is 4.33. The van der Waals surface area contributed by atoms with Gasteiger partial charge in [0.25, 0.3) is 0 Å². The van der Waals surface area contributed by atoms with Gasteiger partial charge >= 0.3 is 0 Å². The number of rotatable bonds is 8. The zero-order valence-electron chi connectivity index (χ0n) is 14.4. The molecule has 0 atom stereocenters. The second-order valence-corrected chi connectivity index (χ2v) is 7.43. The lowest BCUT2D eigenvalue weighted by Crippen LogP contribution is -2.61. The maximum Gasteiger partial charge on any atom is 0.161 e. The highest BCUT2D eigenvalue weighted by atomic mass is 16.5. The van der Waals surface area contributed by atoms with Crippen molar-refractivity contribution in [3.8, 4) is 11.5 Å². The highest BCUT2D eigenvalue weighted by Gasteiger charge is 2.54. The van der Waals surface area contributed by atoms with Gasteiger partial charge in [-0.2, -0.15) is 0 Å². The van der Waals surface area contributed by atoms with E-state index in [2.05, 4.69) is 12.1 Å². The molecule has 1 aromatic carbocycles. The molecule has 0 heterocycles. The van der Waals surface area contributed by atoms with Crippen molar-refractivity contribution in [3.05, 3.63) is 23.8 Å². The largest absolute Gasteiger partial charge is 0.493 e. The molecule has 3 rings (SSSR count). The Labute approximate surface area is 139 Å². The van der Waals surface area contributed by atoms with Crippen molar-refractivity contribution in [3.63, 3.8) is 0 Å². The molecule has 2 aliphatic rings. The maximum atomic E-state index is 6.59. The van der Waals surface area contributed by atoms with Gasteiger partial charge in [0.15, 0.2) is 11.5 Å². The highest BCUT2D eigenvalue weighted by Crippen LogP contribution is 2.60. The van der Waals surface area contributed by atoms with E-state index >= 15 is 0 Å². The molecular formula is C19H29NO3. The van der Waals surface area contributed by atoms with Gasteiger partial charge in [-0.3, -0.25) is 0 Å². The number of ether oxygens (including phenoxy) is 3. The van der Waals surface area contributed by atoms with E-state index in [0.717, 1.165) is 24.3 Å². The zero-order chi connectivity index (χ0) is 16.3. The minimum absolute atomic E-state index is 0.0255. The Morgan fingerprint density at radius 3 is 2.48 bits per heavy atom. The Hall–Kier alpha value is -1.26. The number of nitrogens with two attached hydrogens (primary N) is 1. The first kappa shape index (κ1) is 16.6. The van der Waals surface area contributed by atoms with E-state index in [1.54, 1.807) is 14.2 Å². The van der Waals surface area contributed by atoms with E-state index in [1.807, 2.05) is 6.07 Å². The number of hydrogen-bond donors (Lipinski definition) is 1. The predicted molar refractivity (Wildman–Crippen MR) is 91.1 cm³/mol. The van der Waals surface area contributed by atoms with E-state index in [1.165, 1.54) is 37.7 Å². The number of methoxy groups -OCH3 is 2. The lowest BCUT2D eigenvalue weighted by molar-refractivity contribution is -0.0428. The van der Waals surface area contributed by atoms with Gasteiger partial charge in [-0.05, 0) is 55.2 Å². The summed E-state index contributed by atoms with van der Waals surface area (Å²) < 4.78 is 16.3. The molecule has 0 bridgehead atoms. The fraction of sp³-hybridized carbons (Fsp3) is 0.684. The van der Waals surface area contributed by atoms with Crippen LogP contribution in [0.3, 0.4) is 0 Å². The summed E-state index contributed by atoms with van der Waals surface area (Å²) in [5, 5.41) is 0. The van der Waals surface area contributed by atoms with E-state index < -0.39 is 0 Å². The zero-order valence-corrected chi connectivity index (χ0v) is 14.4. The number of benzene rings is 1. The molecule has 128 valence electrons. The van der Waals surface area contributed by atoms with E-state index in [9.17, 15) is 0 Å². The molecule has 1 aromatic rings. The topological polar surface area (TPSA) is 53.7 Å². The molecule has 2 N–H and O–H groups in total. The third kappa shape index (κ3) is 3.64. The molecule has 2 aliphatic carbocycles. The van der Waals surface area contributed by atoms with Crippen LogP contribution in [0.2, 0.25) is 0 Å². The minimum Gasteiger partial charge on any atom is -0.493 e. The van der Waals surface area contributed by atoms with Crippen molar-refractivity contribution in [2.75, 3.05) is 27.4 Å². The van der Waals surface area contributed by atoms with E-state index in [0.29, 0.717) is 18.6 Å². The Bertz CT molecular complexity index is 531. The summed E-state index contributed by atoms with van der Waals surface area (Å²) in [7, 11) is 3.38. The summed E-state index contributed by atoms with van der Waals surface area (Å²) in [5.74, 6) is 1.59. The fourth-order valence-corrected chi connectivity index (χ4v) is 4.33. The molecule has 0 amide bonds. The maximum absolute atomic E-state index is 6.59. The van der Waals surface area contributed by atoms with Crippen molar-refractivity contribution >= 4 is 0 Å². The second kappa shape index (κ2) is 6.70. The van der Waals surface area contributed by atoms with Crippen LogP contribution in [0.15, 0.2) is 18.2 Å². The number of hydrogen-bond acceptors (Lipinski definition) is 4. The molecule has 23 heavy (non-hydrogen) atoms. The molecule has 0 aromatic heterocycles. The van der Waals surface area contributed by atoms with E-state index in [-0.39, 0.29) is 5.54 Å². The molecular weight excluding hydrogens is 290 g/mol. The summed E-state index contributed by atoms with van der Waals surface area (Å²) >= 11 is 0. The van der Waals surface area contributed by atoms with Crippen molar-refractivity contribution in [2.24, 2.45) is 11.1 Å². The van der Waals surface area contributed by atoms with Gasteiger partial charge in [0.2, 0.25) is 0 Å². The van der Waals surface area contributed by atoms with Crippen molar-refractivity contribution in [1.29, 1.82) is 0 Å². The van der Waals surface area contributed by atoms with Gasteiger partial charge < -0.3 is 19.9 Å². The first-order valence-electron chi connectivity index (χ1n) is 8.66. The highest BCUT2D eigenvalue weighted by molar-refractivity contribution is 5.43. The molecule has 0 saturated heterocycles. The Morgan fingerprint density at radius 2 is 1.87 bits per heavy atom. The van der Waals surface area contributed by atoms with Crippen molar-refractivity contribution < 1.29 is 14.2 Å². The van der Waals surface area contributed by atoms with Crippen molar-refractivity contribution in [1.82, 2.24) is 0 Å².